The van der Waals surface area contributed by atoms with Crippen molar-refractivity contribution in [3.63, 3.8) is 0 Å². The number of carbonyl (C=O) groups excluding carboxylic acids is 2. The fraction of sp³-hybridized carbons (Fsp3) is 0.417. The fourth-order valence-corrected chi connectivity index (χ4v) is 1.34. The molecule has 6 nitrogen and oxygen atoms in total. The Morgan fingerprint density at radius 1 is 1.39 bits per heavy atom. The molecule has 0 aliphatic heterocycles. The minimum Gasteiger partial charge on any atom is -0.468 e. The van der Waals surface area contributed by atoms with E-state index in [1.54, 1.807) is 13.8 Å². The van der Waals surface area contributed by atoms with Crippen LogP contribution in [0.25, 0.3) is 0 Å². The first-order valence-corrected chi connectivity index (χ1v) is 5.42. The molecule has 1 rings (SSSR count). The number of hydrogen-bond acceptors (Lipinski definition) is 5. The van der Waals surface area contributed by atoms with Gasteiger partial charge < -0.3 is 14.1 Å². The van der Waals surface area contributed by atoms with Gasteiger partial charge in [-0.3, -0.25) is 9.59 Å². The van der Waals surface area contributed by atoms with Gasteiger partial charge in [0.25, 0.3) is 5.91 Å². The SMILES string of the molecule is COC(=O)CN(C(=O)c1ccc(=O)oc1)C(C)C. The molecule has 0 saturated heterocycles. The number of esters is 1. The van der Waals surface area contributed by atoms with Gasteiger partial charge in [-0.1, -0.05) is 0 Å². The van der Waals surface area contributed by atoms with Crippen LogP contribution in [-0.4, -0.2) is 36.5 Å². The van der Waals surface area contributed by atoms with Crippen molar-refractivity contribution in [2.45, 2.75) is 19.9 Å². The molecule has 0 spiro atoms. The van der Waals surface area contributed by atoms with Crippen LogP contribution >= 0.6 is 0 Å². The molecule has 0 saturated carbocycles. The zero-order valence-electron chi connectivity index (χ0n) is 10.5. The Balaban J connectivity index is 2.92. The first-order chi connectivity index (χ1) is 8.45. The number of rotatable bonds is 4. The van der Waals surface area contributed by atoms with Gasteiger partial charge in [0.2, 0.25) is 0 Å². The Kier molecular flexibility index (Phi) is 4.65. The van der Waals surface area contributed by atoms with Crippen molar-refractivity contribution in [2.75, 3.05) is 13.7 Å². The van der Waals surface area contributed by atoms with Gasteiger partial charge in [-0.15, -0.1) is 0 Å². The van der Waals surface area contributed by atoms with Gasteiger partial charge in [0.15, 0.2) is 0 Å². The van der Waals surface area contributed by atoms with E-state index in [2.05, 4.69) is 9.15 Å². The van der Waals surface area contributed by atoms with Crippen LogP contribution in [-0.2, 0) is 9.53 Å². The number of methoxy groups -OCH3 is 1. The van der Waals surface area contributed by atoms with E-state index in [1.165, 1.54) is 18.1 Å². The normalized spacial score (nSPS) is 10.2. The molecule has 0 N–H and O–H groups in total. The van der Waals surface area contributed by atoms with Crippen LogP contribution < -0.4 is 5.63 Å². The molecule has 0 aliphatic carbocycles. The number of nitrogens with zero attached hydrogens (tertiary/aromatic N) is 1. The van der Waals surface area contributed by atoms with Gasteiger partial charge in [-0.25, -0.2) is 4.79 Å². The molecule has 1 aromatic heterocycles. The van der Waals surface area contributed by atoms with Gasteiger partial charge in [0, 0.05) is 12.1 Å². The van der Waals surface area contributed by atoms with Crippen molar-refractivity contribution in [1.82, 2.24) is 4.90 Å². The predicted octanol–water partition coefficient (Wildman–Crippen LogP) is 0.663. The Labute approximate surface area is 104 Å². The maximum absolute atomic E-state index is 12.1. The average molecular weight is 253 g/mol. The van der Waals surface area contributed by atoms with Crippen molar-refractivity contribution >= 4 is 11.9 Å². The minimum atomic E-state index is -0.532. The van der Waals surface area contributed by atoms with E-state index in [1.807, 2.05) is 0 Å². The molecule has 98 valence electrons. The molecular formula is C12H15NO5. The van der Waals surface area contributed by atoms with E-state index in [0.29, 0.717) is 0 Å². The largest absolute Gasteiger partial charge is 0.468 e. The van der Waals surface area contributed by atoms with Crippen molar-refractivity contribution in [2.24, 2.45) is 0 Å². The van der Waals surface area contributed by atoms with E-state index in [9.17, 15) is 14.4 Å². The third kappa shape index (κ3) is 3.44. The highest BCUT2D eigenvalue weighted by atomic mass is 16.5. The maximum atomic E-state index is 12.1. The molecule has 0 fully saturated rings. The minimum absolute atomic E-state index is 0.147. The number of hydrogen-bond donors (Lipinski definition) is 0. The zero-order chi connectivity index (χ0) is 13.7. The third-order valence-electron chi connectivity index (χ3n) is 2.36. The molecule has 0 aliphatic rings. The van der Waals surface area contributed by atoms with Crippen LogP contribution in [0.5, 0.6) is 0 Å². The summed E-state index contributed by atoms with van der Waals surface area (Å²) in [7, 11) is 1.26. The van der Waals surface area contributed by atoms with Crippen molar-refractivity contribution in [1.29, 1.82) is 0 Å². The summed E-state index contributed by atoms with van der Waals surface area (Å²) in [5.41, 5.74) is -0.317. The van der Waals surface area contributed by atoms with Crippen LogP contribution in [0.2, 0.25) is 0 Å². The Morgan fingerprint density at radius 3 is 2.50 bits per heavy atom. The lowest BCUT2D eigenvalue weighted by Crippen LogP contribution is -2.41. The standard InChI is InChI=1S/C12H15NO5/c1-8(2)13(6-11(15)17-3)12(16)9-4-5-10(14)18-7-9/h4-5,7-8H,6H2,1-3H3. The molecule has 18 heavy (non-hydrogen) atoms. The smallest absolute Gasteiger partial charge is 0.335 e. The maximum Gasteiger partial charge on any atom is 0.335 e. The highest BCUT2D eigenvalue weighted by molar-refractivity contribution is 5.95. The van der Waals surface area contributed by atoms with E-state index >= 15 is 0 Å². The van der Waals surface area contributed by atoms with E-state index < -0.39 is 11.6 Å². The van der Waals surface area contributed by atoms with Crippen LogP contribution in [0.1, 0.15) is 24.2 Å². The summed E-state index contributed by atoms with van der Waals surface area (Å²) in [5.74, 6) is -0.895. The second-order valence-corrected chi connectivity index (χ2v) is 3.95. The molecule has 0 bridgehead atoms. The molecular weight excluding hydrogens is 238 g/mol. The summed E-state index contributed by atoms with van der Waals surface area (Å²) >= 11 is 0. The predicted molar refractivity (Wildman–Crippen MR) is 63.2 cm³/mol. The van der Waals surface area contributed by atoms with E-state index in [0.717, 1.165) is 12.3 Å². The fourth-order valence-electron chi connectivity index (χ4n) is 1.34. The van der Waals surface area contributed by atoms with Gasteiger partial charge in [0.1, 0.15) is 12.8 Å². The van der Waals surface area contributed by atoms with Gasteiger partial charge in [0.05, 0.1) is 12.7 Å². The Hall–Kier alpha value is -2.11. The highest BCUT2D eigenvalue weighted by Gasteiger charge is 2.22. The lowest BCUT2D eigenvalue weighted by Gasteiger charge is -2.25. The second-order valence-electron chi connectivity index (χ2n) is 3.95. The lowest BCUT2D eigenvalue weighted by atomic mass is 10.2. The number of carbonyl (C=O) groups is 2. The molecule has 0 unspecified atom stereocenters. The summed E-state index contributed by atoms with van der Waals surface area (Å²) in [5, 5.41) is 0. The molecule has 1 heterocycles. The molecule has 6 heteroatoms. The van der Waals surface area contributed by atoms with Gasteiger partial charge in [-0.05, 0) is 19.9 Å². The molecule has 0 atom stereocenters. The first-order valence-electron chi connectivity index (χ1n) is 5.42. The summed E-state index contributed by atoms with van der Waals surface area (Å²) < 4.78 is 9.15. The highest BCUT2D eigenvalue weighted by Crippen LogP contribution is 2.07. The zero-order valence-corrected chi connectivity index (χ0v) is 10.5. The molecule has 0 aromatic carbocycles. The average Bonchev–Trinajstić information content (AvgIpc) is 2.35. The van der Waals surface area contributed by atoms with E-state index in [4.69, 9.17) is 0 Å². The topological polar surface area (TPSA) is 76.8 Å². The lowest BCUT2D eigenvalue weighted by molar-refractivity contribution is -0.141. The van der Waals surface area contributed by atoms with Crippen LogP contribution in [0.15, 0.2) is 27.6 Å². The van der Waals surface area contributed by atoms with Crippen molar-refractivity contribution in [3.05, 3.63) is 34.4 Å². The van der Waals surface area contributed by atoms with Crippen LogP contribution in [0.4, 0.5) is 0 Å². The van der Waals surface area contributed by atoms with Crippen LogP contribution in [0, 0.1) is 0 Å². The number of amides is 1. The van der Waals surface area contributed by atoms with Crippen molar-refractivity contribution in [3.8, 4) is 0 Å². The molecule has 1 aromatic rings. The Morgan fingerprint density at radius 2 is 2.06 bits per heavy atom. The summed E-state index contributed by atoms with van der Waals surface area (Å²) in [4.78, 5) is 35.5. The summed E-state index contributed by atoms with van der Waals surface area (Å²) in [6.45, 7) is 3.41. The van der Waals surface area contributed by atoms with Gasteiger partial charge >= 0.3 is 11.6 Å². The monoisotopic (exact) mass is 253 g/mol. The molecule has 1 amide bonds. The Bertz CT molecular complexity index is 471. The van der Waals surface area contributed by atoms with Crippen molar-refractivity contribution < 1.29 is 18.7 Å². The number of ether oxygens (including phenoxy) is 1. The quantitative estimate of drug-likeness (QED) is 0.737. The summed E-state index contributed by atoms with van der Waals surface area (Å²) in [6.07, 6.45) is 1.08. The molecule has 0 radical (unpaired) electrons. The summed E-state index contributed by atoms with van der Waals surface area (Å²) in [6, 6.07) is 2.34. The van der Waals surface area contributed by atoms with E-state index in [-0.39, 0.29) is 24.1 Å². The van der Waals surface area contributed by atoms with Crippen LogP contribution in [0.3, 0.4) is 0 Å². The first kappa shape index (κ1) is 14.0. The third-order valence-corrected chi connectivity index (χ3v) is 2.36. The van der Waals surface area contributed by atoms with Gasteiger partial charge in [-0.2, -0.15) is 0 Å². The second kappa shape index (κ2) is 6.00.